The van der Waals surface area contributed by atoms with E-state index in [-0.39, 0.29) is 22.7 Å². The van der Waals surface area contributed by atoms with Crippen molar-refractivity contribution in [3.05, 3.63) is 28.6 Å². The van der Waals surface area contributed by atoms with Gasteiger partial charge in [0, 0.05) is 6.07 Å². The van der Waals surface area contributed by atoms with Gasteiger partial charge in [0.15, 0.2) is 11.2 Å². The highest BCUT2D eigenvalue weighted by molar-refractivity contribution is 5.78. The topological polar surface area (TPSA) is 119 Å². The molecule has 0 unspecified atom stereocenters. The maximum Gasteiger partial charge on any atom is 0.278 e. The Morgan fingerprint density at radius 3 is 2.67 bits per heavy atom. The van der Waals surface area contributed by atoms with E-state index >= 15 is 0 Å². The van der Waals surface area contributed by atoms with Crippen LogP contribution in [0.1, 0.15) is 0 Å². The van der Waals surface area contributed by atoms with Gasteiger partial charge < -0.3 is 20.2 Å². The molecule has 0 bridgehead atoms. The highest BCUT2D eigenvalue weighted by Gasteiger charge is 2.14. The molecule has 0 saturated heterocycles. The second kappa shape index (κ2) is 4.82. The fourth-order valence-electron chi connectivity index (χ4n) is 2.05. The molecule has 0 radical (unpaired) electrons. The minimum Gasteiger partial charge on any atom is -0.497 e. The number of nitrogens with two attached hydrogens (primary N) is 1. The number of hydrogen-bond acceptors (Lipinski definition) is 6. The second-order valence-corrected chi connectivity index (χ2v) is 4.30. The molecule has 8 nitrogen and oxygen atoms in total. The van der Waals surface area contributed by atoms with Crippen molar-refractivity contribution in [1.82, 2.24) is 19.9 Å². The van der Waals surface area contributed by atoms with E-state index in [1.807, 2.05) is 0 Å². The van der Waals surface area contributed by atoms with Gasteiger partial charge in [0.2, 0.25) is 5.95 Å². The summed E-state index contributed by atoms with van der Waals surface area (Å²) in [5.74, 6) is 1.71. The molecular weight excluding hydrogens is 274 g/mol. The molecule has 0 aliphatic heterocycles. The first-order valence-electron chi connectivity index (χ1n) is 6.10. The molecule has 2 heterocycles. The first kappa shape index (κ1) is 13.0. The average Bonchev–Trinajstić information content (AvgIpc) is 2.90. The van der Waals surface area contributed by atoms with E-state index in [0.29, 0.717) is 22.9 Å². The van der Waals surface area contributed by atoms with Crippen molar-refractivity contribution >= 4 is 17.1 Å². The minimum atomic E-state index is -0.372. The number of ether oxygens (including phenoxy) is 2. The van der Waals surface area contributed by atoms with Crippen LogP contribution in [-0.4, -0.2) is 34.2 Å². The summed E-state index contributed by atoms with van der Waals surface area (Å²) in [4.78, 5) is 25.4. The van der Waals surface area contributed by atoms with Crippen LogP contribution in [0.4, 0.5) is 5.95 Å². The second-order valence-electron chi connectivity index (χ2n) is 4.30. The molecule has 21 heavy (non-hydrogen) atoms. The molecule has 8 heteroatoms. The number of fused-ring (bicyclic) bond motifs is 1. The Bertz CT molecular complexity index is 868. The lowest BCUT2D eigenvalue weighted by Crippen LogP contribution is -2.10. The van der Waals surface area contributed by atoms with Gasteiger partial charge in [-0.3, -0.25) is 9.78 Å². The van der Waals surface area contributed by atoms with Crippen molar-refractivity contribution < 1.29 is 9.47 Å². The Balaban J connectivity index is 2.21. The molecule has 4 N–H and O–H groups in total. The van der Waals surface area contributed by atoms with Gasteiger partial charge in [0.25, 0.3) is 5.56 Å². The third kappa shape index (κ3) is 2.16. The normalized spacial score (nSPS) is 10.8. The fraction of sp³-hybridized carbons (Fsp3) is 0.154. The number of hydrogen-bond donors (Lipinski definition) is 3. The van der Waals surface area contributed by atoms with Gasteiger partial charge in [0.1, 0.15) is 17.3 Å². The molecule has 3 rings (SSSR count). The van der Waals surface area contributed by atoms with Crippen molar-refractivity contribution in [1.29, 1.82) is 0 Å². The first-order chi connectivity index (χ1) is 10.1. The van der Waals surface area contributed by atoms with Gasteiger partial charge in [-0.1, -0.05) is 0 Å². The summed E-state index contributed by atoms with van der Waals surface area (Å²) in [6, 6.07) is 5.29. The zero-order valence-electron chi connectivity index (χ0n) is 11.4. The monoisotopic (exact) mass is 287 g/mol. The van der Waals surface area contributed by atoms with Crippen molar-refractivity contribution in [2.75, 3.05) is 20.0 Å². The van der Waals surface area contributed by atoms with Gasteiger partial charge in [-0.25, -0.2) is 4.98 Å². The Labute approximate surface area is 118 Å². The van der Waals surface area contributed by atoms with Crippen LogP contribution >= 0.6 is 0 Å². The summed E-state index contributed by atoms with van der Waals surface area (Å²) in [6.45, 7) is 0. The number of aromatic amines is 2. The third-order valence-corrected chi connectivity index (χ3v) is 3.04. The Morgan fingerprint density at radius 1 is 1.14 bits per heavy atom. The van der Waals surface area contributed by atoms with E-state index < -0.39 is 0 Å². The smallest absolute Gasteiger partial charge is 0.278 e. The van der Waals surface area contributed by atoms with Gasteiger partial charge in [-0.05, 0) is 12.1 Å². The molecule has 0 aliphatic carbocycles. The van der Waals surface area contributed by atoms with Crippen molar-refractivity contribution in [2.45, 2.75) is 0 Å². The van der Waals surface area contributed by atoms with Gasteiger partial charge in [-0.2, -0.15) is 4.98 Å². The van der Waals surface area contributed by atoms with Crippen LogP contribution in [0.2, 0.25) is 0 Å². The van der Waals surface area contributed by atoms with Crippen LogP contribution in [0.5, 0.6) is 11.5 Å². The molecule has 0 aliphatic rings. The largest absolute Gasteiger partial charge is 0.497 e. The molecule has 0 atom stereocenters. The summed E-state index contributed by atoms with van der Waals surface area (Å²) in [6.07, 6.45) is 0. The van der Waals surface area contributed by atoms with Crippen molar-refractivity contribution in [3.8, 4) is 22.9 Å². The standard InChI is InChI=1S/C13H13N5O3/c1-20-6-3-4-7(8(5-6)21-2)10-15-9-11(16-10)17-13(14)18-12(9)19/h3-5H,1-2H3,(H4,14,15,16,17,18,19). The van der Waals surface area contributed by atoms with Crippen molar-refractivity contribution in [3.63, 3.8) is 0 Å². The quantitative estimate of drug-likeness (QED) is 0.659. The maximum atomic E-state index is 11.8. The number of imidazole rings is 1. The predicted molar refractivity (Wildman–Crippen MR) is 77.5 cm³/mol. The van der Waals surface area contributed by atoms with E-state index in [2.05, 4.69) is 19.9 Å². The molecule has 0 spiro atoms. The Kier molecular flexibility index (Phi) is 2.98. The highest BCUT2D eigenvalue weighted by atomic mass is 16.5. The zero-order chi connectivity index (χ0) is 15.0. The fourth-order valence-corrected chi connectivity index (χ4v) is 2.05. The number of rotatable bonds is 3. The maximum absolute atomic E-state index is 11.8. The number of nitrogens with zero attached hydrogens (tertiary/aromatic N) is 2. The number of H-pyrrole nitrogens is 2. The van der Waals surface area contributed by atoms with Crippen LogP contribution < -0.4 is 20.8 Å². The summed E-state index contributed by atoms with van der Waals surface area (Å²) in [5, 5.41) is 0. The number of methoxy groups -OCH3 is 2. The van der Waals surface area contributed by atoms with Crippen LogP contribution in [0.3, 0.4) is 0 Å². The van der Waals surface area contributed by atoms with Gasteiger partial charge in [-0.15, -0.1) is 0 Å². The zero-order valence-corrected chi connectivity index (χ0v) is 11.4. The van der Waals surface area contributed by atoms with Crippen molar-refractivity contribution in [2.24, 2.45) is 0 Å². The number of anilines is 1. The number of benzene rings is 1. The van der Waals surface area contributed by atoms with Gasteiger partial charge >= 0.3 is 0 Å². The number of nitrogen functional groups attached to an aromatic ring is 1. The van der Waals surface area contributed by atoms with Crippen LogP contribution in [0, 0.1) is 0 Å². The third-order valence-electron chi connectivity index (χ3n) is 3.04. The summed E-state index contributed by atoms with van der Waals surface area (Å²) in [7, 11) is 3.12. The lowest BCUT2D eigenvalue weighted by atomic mass is 10.2. The van der Waals surface area contributed by atoms with Crippen LogP contribution in [0.25, 0.3) is 22.6 Å². The first-order valence-corrected chi connectivity index (χ1v) is 6.10. The highest BCUT2D eigenvalue weighted by Crippen LogP contribution is 2.32. The molecule has 1 aromatic carbocycles. The summed E-state index contributed by atoms with van der Waals surface area (Å²) < 4.78 is 10.5. The minimum absolute atomic E-state index is 0.0206. The van der Waals surface area contributed by atoms with E-state index in [1.165, 1.54) is 0 Å². The average molecular weight is 287 g/mol. The Morgan fingerprint density at radius 2 is 1.95 bits per heavy atom. The number of aromatic nitrogens is 4. The van der Waals surface area contributed by atoms with Gasteiger partial charge in [0.05, 0.1) is 19.8 Å². The molecular formula is C13H13N5O3. The van der Waals surface area contributed by atoms with Crippen LogP contribution in [0.15, 0.2) is 23.0 Å². The van der Waals surface area contributed by atoms with E-state index in [4.69, 9.17) is 15.2 Å². The summed E-state index contributed by atoms with van der Waals surface area (Å²) in [5.41, 5.74) is 6.34. The SMILES string of the molecule is COc1ccc(-c2nc3nc(N)[nH]c(=O)c3[nH]2)c(OC)c1. The van der Waals surface area contributed by atoms with Crippen LogP contribution in [-0.2, 0) is 0 Å². The lowest BCUT2D eigenvalue weighted by Gasteiger charge is -2.08. The van der Waals surface area contributed by atoms with E-state index in [0.717, 1.165) is 0 Å². The lowest BCUT2D eigenvalue weighted by molar-refractivity contribution is 0.395. The molecule has 0 saturated carbocycles. The van der Waals surface area contributed by atoms with E-state index in [9.17, 15) is 4.79 Å². The molecule has 2 aromatic heterocycles. The summed E-state index contributed by atoms with van der Waals surface area (Å²) >= 11 is 0. The molecule has 0 amide bonds. The molecule has 3 aromatic rings. The molecule has 108 valence electrons. The predicted octanol–water partition coefficient (Wildman–Crippen LogP) is 0.913. The molecule has 0 fully saturated rings. The Hall–Kier alpha value is -3.03. The van der Waals surface area contributed by atoms with E-state index in [1.54, 1.807) is 32.4 Å². The number of nitrogens with one attached hydrogen (secondary N) is 2.